The molecule has 2 N–H and O–H groups in total. The Labute approximate surface area is 192 Å². The van der Waals surface area contributed by atoms with Crippen LogP contribution in [0, 0.1) is 5.95 Å². The van der Waals surface area contributed by atoms with Crippen molar-refractivity contribution >= 4 is 23.0 Å². The second-order valence-electron chi connectivity index (χ2n) is 8.02. The van der Waals surface area contributed by atoms with Crippen LogP contribution < -0.4 is 10.5 Å². The number of amidine groups is 1. The molecule has 164 valence electrons. The van der Waals surface area contributed by atoms with E-state index in [0.717, 1.165) is 0 Å². The molecule has 1 aromatic carbocycles. The maximum absolute atomic E-state index is 15.0. The normalized spacial score (nSPS) is 20.4. The first-order valence-corrected chi connectivity index (χ1v) is 10.6. The molecular weight excluding hydrogens is 448 g/mol. The number of likely N-dealkylation sites (N-methyl/N-ethyl adjacent to an activating group) is 1. The molecule has 0 saturated heterocycles. The zero-order chi connectivity index (χ0) is 22.9. The number of nitrogens with zero attached hydrogens (tertiary/aromatic N) is 4. The molecular formula is C24H16ClF2N5O. The van der Waals surface area contributed by atoms with E-state index in [1.807, 2.05) is 12.1 Å². The van der Waals surface area contributed by atoms with Crippen molar-refractivity contribution in [1.82, 2.24) is 14.9 Å². The summed E-state index contributed by atoms with van der Waals surface area (Å²) in [7, 11) is 1.68. The first-order chi connectivity index (χ1) is 15.9. The van der Waals surface area contributed by atoms with Crippen LogP contribution in [0.15, 0.2) is 65.7 Å². The third-order valence-electron chi connectivity index (χ3n) is 6.13. The highest BCUT2D eigenvalue weighted by Crippen LogP contribution is 2.56. The van der Waals surface area contributed by atoms with Gasteiger partial charge < -0.3 is 15.4 Å². The molecule has 0 fully saturated rings. The predicted octanol–water partition coefficient (Wildman–Crippen LogP) is 4.53. The minimum absolute atomic E-state index is 0.0504. The SMILES string of the molecule is CN1CC=CC(c2ccc3c(c2)[C@@]2(N=C(N)c4ncccc42)c2cc(Cl)nc(F)c2O3)=C1F. The molecule has 3 aromatic rings. The Kier molecular flexibility index (Phi) is 4.13. The first-order valence-electron chi connectivity index (χ1n) is 10.2. The number of rotatable bonds is 1. The molecule has 0 saturated carbocycles. The van der Waals surface area contributed by atoms with Crippen LogP contribution in [0.4, 0.5) is 8.78 Å². The number of benzene rings is 1. The van der Waals surface area contributed by atoms with Crippen molar-refractivity contribution in [2.24, 2.45) is 10.7 Å². The number of allylic oxidation sites excluding steroid dienone is 2. The van der Waals surface area contributed by atoms with Gasteiger partial charge in [-0.25, -0.2) is 9.98 Å². The van der Waals surface area contributed by atoms with E-state index in [-0.39, 0.29) is 22.7 Å². The van der Waals surface area contributed by atoms with E-state index in [1.54, 1.807) is 43.6 Å². The van der Waals surface area contributed by atoms with Crippen molar-refractivity contribution in [2.45, 2.75) is 5.54 Å². The molecule has 0 amide bonds. The lowest BCUT2D eigenvalue weighted by Crippen LogP contribution is -2.30. The summed E-state index contributed by atoms with van der Waals surface area (Å²) in [6.07, 6.45) is 5.23. The Bertz CT molecular complexity index is 1450. The van der Waals surface area contributed by atoms with Gasteiger partial charge in [0.25, 0.3) is 5.95 Å². The molecule has 0 bridgehead atoms. The number of aliphatic imine (C=N–C) groups is 1. The van der Waals surface area contributed by atoms with Gasteiger partial charge in [-0.15, -0.1) is 0 Å². The van der Waals surface area contributed by atoms with Crippen molar-refractivity contribution in [3.63, 3.8) is 0 Å². The van der Waals surface area contributed by atoms with Crippen LogP contribution in [-0.2, 0) is 5.54 Å². The van der Waals surface area contributed by atoms with E-state index in [9.17, 15) is 8.78 Å². The second kappa shape index (κ2) is 6.86. The van der Waals surface area contributed by atoms with Crippen molar-refractivity contribution in [1.29, 1.82) is 0 Å². The number of pyridine rings is 2. The van der Waals surface area contributed by atoms with E-state index in [1.165, 1.54) is 11.0 Å². The number of aromatic nitrogens is 2. The van der Waals surface area contributed by atoms with E-state index < -0.39 is 11.5 Å². The molecule has 0 unspecified atom stereocenters. The highest BCUT2D eigenvalue weighted by atomic mass is 35.5. The van der Waals surface area contributed by atoms with Gasteiger partial charge in [0.2, 0.25) is 0 Å². The lowest BCUT2D eigenvalue weighted by molar-refractivity contribution is 0.346. The summed E-state index contributed by atoms with van der Waals surface area (Å²) < 4.78 is 35.8. The summed E-state index contributed by atoms with van der Waals surface area (Å²) in [5.74, 6) is -0.736. The average Bonchev–Trinajstić information content (AvgIpc) is 3.10. The first kappa shape index (κ1) is 19.9. The molecule has 1 spiro atoms. The maximum Gasteiger partial charge on any atom is 0.257 e. The van der Waals surface area contributed by atoms with E-state index in [2.05, 4.69) is 9.97 Å². The zero-order valence-electron chi connectivity index (χ0n) is 17.3. The number of hydrogen-bond donors (Lipinski definition) is 1. The molecule has 6 rings (SSSR count). The van der Waals surface area contributed by atoms with E-state index >= 15 is 0 Å². The lowest BCUT2D eigenvalue weighted by atomic mass is 9.76. The third-order valence-corrected chi connectivity index (χ3v) is 6.33. The second-order valence-corrected chi connectivity index (χ2v) is 8.41. The topological polar surface area (TPSA) is 76.6 Å². The molecule has 9 heteroatoms. The molecule has 0 radical (unpaired) electrons. The van der Waals surface area contributed by atoms with E-state index in [0.29, 0.717) is 45.8 Å². The van der Waals surface area contributed by atoms with Crippen molar-refractivity contribution < 1.29 is 13.5 Å². The Balaban J connectivity index is 1.69. The maximum atomic E-state index is 15.0. The van der Waals surface area contributed by atoms with Crippen LogP contribution in [0.3, 0.4) is 0 Å². The van der Waals surface area contributed by atoms with Gasteiger partial charge >= 0.3 is 0 Å². The minimum atomic E-state index is -1.28. The van der Waals surface area contributed by atoms with Gasteiger partial charge in [0.1, 0.15) is 28.0 Å². The van der Waals surface area contributed by atoms with Crippen molar-refractivity contribution in [2.75, 3.05) is 13.6 Å². The fraction of sp³-hybridized carbons (Fsp3) is 0.125. The summed E-state index contributed by atoms with van der Waals surface area (Å²) in [6.45, 7) is 0.478. The molecule has 3 aliphatic rings. The van der Waals surface area contributed by atoms with Crippen LogP contribution in [-0.4, -0.2) is 34.3 Å². The molecule has 33 heavy (non-hydrogen) atoms. The standard InChI is InChI=1S/C24H16ClF2N5O/c1-32-9-3-4-13(22(32)27)12-6-7-17-15(10-12)24(14-5-2-8-29-19(14)23(28)31-24)16-11-18(25)30-21(26)20(16)33-17/h2-8,10-11H,9H2,1H3,(H2,28,31)/t24-/m1/s1. The van der Waals surface area contributed by atoms with Crippen LogP contribution in [0.25, 0.3) is 5.57 Å². The summed E-state index contributed by atoms with van der Waals surface area (Å²) in [4.78, 5) is 14.4. The largest absolute Gasteiger partial charge is 0.452 e. The molecule has 1 atom stereocenters. The molecule has 3 aliphatic heterocycles. The van der Waals surface area contributed by atoms with Crippen LogP contribution in [0.2, 0.25) is 5.15 Å². The number of ether oxygens (including phenoxy) is 1. The Morgan fingerprint density at radius 2 is 2.00 bits per heavy atom. The molecule has 2 aromatic heterocycles. The summed E-state index contributed by atoms with van der Waals surface area (Å²) >= 11 is 6.15. The average molecular weight is 464 g/mol. The fourth-order valence-electron chi connectivity index (χ4n) is 4.67. The van der Waals surface area contributed by atoms with Gasteiger partial charge in [0, 0.05) is 42.1 Å². The molecule has 6 nitrogen and oxygen atoms in total. The Morgan fingerprint density at radius 3 is 2.85 bits per heavy atom. The number of fused-ring (bicyclic) bond motifs is 6. The van der Waals surface area contributed by atoms with Crippen LogP contribution in [0.5, 0.6) is 11.5 Å². The molecule has 5 heterocycles. The van der Waals surface area contributed by atoms with Crippen molar-refractivity contribution in [3.8, 4) is 11.5 Å². The van der Waals surface area contributed by atoms with Gasteiger partial charge in [-0.2, -0.15) is 8.78 Å². The number of nitrogens with two attached hydrogens (primary N) is 1. The fourth-order valence-corrected chi connectivity index (χ4v) is 4.85. The van der Waals surface area contributed by atoms with Gasteiger partial charge in [-0.05, 0) is 29.8 Å². The summed E-state index contributed by atoms with van der Waals surface area (Å²) in [5, 5.41) is -0.0504. The number of hydrogen-bond acceptors (Lipinski definition) is 6. The monoisotopic (exact) mass is 463 g/mol. The van der Waals surface area contributed by atoms with Gasteiger partial charge in [-0.1, -0.05) is 35.9 Å². The minimum Gasteiger partial charge on any atom is -0.452 e. The highest BCUT2D eigenvalue weighted by molar-refractivity contribution is 6.29. The van der Waals surface area contributed by atoms with Crippen LogP contribution in [0.1, 0.15) is 27.9 Å². The predicted molar refractivity (Wildman–Crippen MR) is 120 cm³/mol. The van der Waals surface area contributed by atoms with Gasteiger partial charge in [-0.3, -0.25) is 4.98 Å². The third kappa shape index (κ3) is 2.67. The lowest BCUT2D eigenvalue weighted by Gasteiger charge is -2.36. The summed E-state index contributed by atoms with van der Waals surface area (Å²) in [5.41, 5.74) is 8.11. The van der Waals surface area contributed by atoms with Gasteiger partial charge in [0.15, 0.2) is 11.7 Å². The number of halogens is 3. The Hall–Kier alpha value is -3.78. The zero-order valence-corrected chi connectivity index (χ0v) is 18.1. The quantitative estimate of drug-likeness (QED) is 0.424. The highest BCUT2D eigenvalue weighted by Gasteiger charge is 2.50. The van der Waals surface area contributed by atoms with E-state index in [4.69, 9.17) is 27.1 Å². The molecule has 0 aliphatic carbocycles. The van der Waals surface area contributed by atoms with Crippen molar-refractivity contribution in [3.05, 3.63) is 99.7 Å². The Morgan fingerprint density at radius 1 is 1.15 bits per heavy atom. The summed E-state index contributed by atoms with van der Waals surface area (Å²) in [6, 6.07) is 10.3. The smallest absolute Gasteiger partial charge is 0.257 e. The van der Waals surface area contributed by atoms with Crippen LogP contribution >= 0.6 is 11.6 Å². The van der Waals surface area contributed by atoms with Gasteiger partial charge in [0.05, 0.1) is 0 Å².